The van der Waals surface area contributed by atoms with Crippen molar-refractivity contribution in [2.45, 2.75) is 47.8 Å². The van der Waals surface area contributed by atoms with E-state index in [1.165, 1.54) is 0 Å². The van der Waals surface area contributed by atoms with Crippen molar-refractivity contribution in [3.8, 4) is 0 Å². The van der Waals surface area contributed by atoms with Gasteiger partial charge >= 0.3 is 11.9 Å². The summed E-state index contributed by atoms with van der Waals surface area (Å²) < 4.78 is 0. The van der Waals surface area contributed by atoms with E-state index in [9.17, 15) is 9.59 Å². The zero-order valence-electron chi connectivity index (χ0n) is 19.9. The highest BCUT2D eigenvalue weighted by atomic mass is 16.5. The third-order valence-electron chi connectivity index (χ3n) is 4.88. The summed E-state index contributed by atoms with van der Waals surface area (Å²) >= 11 is 0. The maximum absolute atomic E-state index is 10.8. The number of hydrogen-bond donors (Lipinski definition) is 4. The van der Waals surface area contributed by atoms with Crippen molar-refractivity contribution in [2.24, 2.45) is 0 Å². The van der Waals surface area contributed by atoms with Gasteiger partial charge < -0.3 is 20.4 Å². The van der Waals surface area contributed by atoms with E-state index < -0.39 is 18.2 Å². The molecular formula is C27H32O6. The minimum absolute atomic E-state index is 0.431. The van der Waals surface area contributed by atoms with E-state index in [2.05, 4.69) is 0 Å². The summed E-state index contributed by atoms with van der Waals surface area (Å²) in [6.45, 7) is 11.2. The van der Waals surface area contributed by atoms with Gasteiger partial charge in [-0.05, 0) is 63.8 Å². The lowest BCUT2D eigenvalue weighted by atomic mass is 10.0. The molecule has 0 atom stereocenters. The first-order valence-corrected chi connectivity index (χ1v) is 10.4. The van der Waals surface area contributed by atoms with E-state index >= 15 is 0 Å². The fraction of sp³-hybridized carbons (Fsp3) is 0.259. The molecule has 0 aliphatic heterocycles. The van der Waals surface area contributed by atoms with Crippen LogP contribution in [0.4, 0.5) is 0 Å². The first-order chi connectivity index (χ1) is 15.3. The Balaban J connectivity index is 0.000000250. The fourth-order valence-electron chi connectivity index (χ4n) is 3.66. The Labute approximate surface area is 194 Å². The van der Waals surface area contributed by atoms with Gasteiger partial charge in [0, 0.05) is 5.56 Å². The van der Waals surface area contributed by atoms with Crippen molar-refractivity contribution >= 4 is 11.9 Å². The molecule has 0 amide bonds. The van der Waals surface area contributed by atoms with Gasteiger partial charge in [-0.15, -0.1) is 0 Å². The van der Waals surface area contributed by atoms with Crippen LogP contribution in [-0.2, 0) is 0 Å². The van der Waals surface area contributed by atoms with Gasteiger partial charge in [0.25, 0.3) is 0 Å². The van der Waals surface area contributed by atoms with Crippen LogP contribution in [0.25, 0.3) is 0 Å². The molecule has 0 unspecified atom stereocenters. The molecule has 3 aromatic rings. The van der Waals surface area contributed by atoms with Gasteiger partial charge in [-0.3, -0.25) is 0 Å². The molecule has 0 aromatic heterocycles. The summed E-state index contributed by atoms with van der Waals surface area (Å²) in [4.78, 5) is 21.5. The largest absolute Gasteiger partial charge is 0.478 e. The van der Waals surface area contributed by atoms with Gasteiger partial charge in [0.1, 0.15) is 0 Å². The lowest BCUT2D eigenvalue weighted by molar-refractivity contribution is -0.0424. The predicted octanol–water partition coefficient (Wildman–Crippen LogP) is 5.29. The second-order valence-corrected chi connectivity index (χ2v) is 7.94. The molecule has 3 rings (SSSR count). The van der Waals surface area contributed by atoms with Crippen molar-refractivity contribution in [3.05, 3.63) is 105 Å². The van der Waals surface area contributed by atoms with Gasteiger partial charge in [-0.2, -0.15) is 0 Å². The molecule has 0 aliphatic carbocycles. The van der Waals surface area contributed by atoms with Gasteiger partial charge in [0.15, 0.2) is 6.29 Å². The van der Waals surface area contributed by atoms with E-state index in [0.717, 1.165) is 33.4 Å². The van der Waals surface area contributed by atoms with Crippen molar-refractivity contribution in [3.63, 3.8) is 0 Å². The Kier molecular flexibility index (Phi) is 10.5. The smallest absolute Gasteiger partial charge is 0.336 e. The topological polar surface area (TPSA) is 115 Å². The molecule has 0 heterocycles. The Bertz CT molecular complexity index is 987. The number of aryl methyl sites for hydroxylation is 6. The highest BCUT2D eigenvalue weighted by Crippen LogP contribution is 2.16. The minimum atomic E-state index is -1.34. The zero-order chi connectivity index (χ0) is 25.3. The molecule has 6 heteroatoms. The Morgan fingerprint density at radius 1 is 0.606 bits per heavy atom. The molecule has 0 spiro atoms. The van der Waals surface area contributed by atoms with Crippen LogP contribution in [0.3, 0.4) is 0 Å². The molecule has 6 nitrogen and oxygen atoms in total. The van der Waals surface area contributed by atoms with Crippen molar-refractivity contribution in [2.75, 3.05) is 0 Å². The first-order valence-electron chi connectivity index (χ1n) is 10.4. The lowest BCUT2D eigenvalue weighted by Crippen LogP contribution is -2.03. The number of aliphatic hydroxyl groups excluding tert-OH is 1. The maximum Gasteiger partial charge on any atom is 0.336 e. The third kappa shape index (κ3) is 8.52. The van der Waals surface area contributed by atoms with Crippen molar-refractivity contribution in [1.82, 2.24) is 0 Å². The molecule has 33 heavy (non-hydrogen) atoms. The van der Waals surface area contributed by atoms with Crippen molar-refractivity contribution < 1.29 is 30.0 Å². The number of carbonyl (C=O) groups is 2. The lowest BCUT2D eigenvalue weighted by Gasteiger charge is -2.05. The third-order valence-corrected chi connectivity index (χ3v) is 4.88. The summed E-state index contributed by atoms with van der Waals surface area (Å²) in [5.41, 5.74) is 6.93. The van der Waals surface area contributed by atoms with E-state index in [1.54, 1.807) is 24.3 Å². The molecule has 0 saturated carbocycles. The van der Waals surface area contributed by atoms with Crippen LogP contribution in [0.15, 0.2) is 54.6 Å². The number of aliphatic hydroxyl groups is 2. The first kappa shape index (κ1) is 27.6. The molecule has 0 radical (unpaired) electrons. The van der Waals surface area contributed by atoms with E-state index in [0.29, 0.717) is 16.7 Å². The summed E-state index contributed by atoms with van der Waals surface area (Å²) in [6.07, 6.45) is -1.34. The Morgan fingerprint density at radius 2 is 0.909 bits per heavy atom. The second kappa shape index (κ2) is 12.5. The SMILES string of the molecule is Cc1cc(C)c(C(=O)O)c(C)c1.Cc1cc(C)c(C(=O)O)c(C)c1.OC(O)c1ccccc1. The fourth-order valence-corrected chi connectivity index (χ4v) is 3.66. The van der Waals surface area contributed by atoms with Crippen LogP contribution < -0.4 is 0 Å². The number of carboxylic acids is 2. The standard InChI is InChI=1S/2C10H12O2.C7H8O2/c2*1-6-4-7(2)9(10(11)12)8(3)5-6;8-7(9)6-4-2-1-3-5-6/h2*4-5H,1-3H3,(H,11,12);1-5,7-9H. The summed E-state index contributed by atoms with van der Waals surface area (Å²) in [6, 6.07) is 16.2. The van der Waals surface area contributed by atoms with Gasteiger partial charge in [0.2, 0.25) is 0 Å². The van der Waals surface area contributed by atoms with Gasteiger partial charge in [-0.25, -0.2) is 9.59 Å². The zero-order valence-corrected chi connectivity index (χ0v) is 19.9. The highest BCUT2D eigenvalue weighted by Gasteiger charge is 2.11. The monoisotopic (exact) mass is 452 g/mol. The molecule has 4 N–H and O–H groups in total. The number of rotatable bonds is 3. The van der Waals surface area contributed by atoms with Crippen molar-refractivity contribution in [1.29, 1.82) is 0 Å². The quantitative estimate of drug-likeness (QED) is 0.401. The maximum atomic E-state index is 10.8. The van der Waals surface area contributed by atoms with E-state index in [-0.39, 0.29) is 0 Å². The van der Waals surface area contributed by atoms with E-state index in [1.807, 2.05) is 71.9 Å². The van der Waals surface area contributed by atoms with Crippen LogP contribution in [0, 0.1) is 41.5 Å². The second-order valence-electron chi connectivity index (χ2n) is 7.94. The molecule has 0 aliphatic rings. The van der Waals surface area contributed by atoms with Crippen LogP contribution >= 0.6 is 0 Å². The normalized spacial score (nSPS) is 9.97. The summed E-state index contributed by atoms with van der Waals surface area (Å²) in [7, 11) is 0. The van der Waals surface area contributed by atoms with Crippen LogP contribution in [0.5, 0.6) is 0 Å². The van der Waals surface area contributed by atoms with E-state index in [4.69, 9.17) is 20.4 Å². The Morgan fingerprint density at radius 3 is 1.12 bits per heavy atom. The number of hydrogen-bond acceptors (Lipinski definition) is 4. The number of carboxylic acid groups (broad SMARTS) is 2. The predicted molar refractivity (Wildman–Crippen MR) is 129 cm³/mol. The van der Waals surface area contributed by atoms with Crippen LogP contribution in [0.2, 0.25) is 0 Å². The molecule has 0 fully saturated rings. The average molecular weight is 453 g/mol. The number of aromatic carboxylic acids is 2. The molecule has 3 aromatic carbocycles. The molecule has 176 valence electrons. The Hall–Kier alpha value is -3.48. The van der Waals surface area contributed by atoms with Crippen LogP contribution in [0.1, 0.15) is 66.0 Å². The minimum Gasteiger partial charge on any atom is -0.478 e. The summed E-state index contributed by atoms with van der Waals surface area (Å²) in [5.74, 6) is -1.69. The molecule has 0 bridgehead atoms. The van der Waals surface area contributed by atoms with Crippen LogP contribution in [-0.4, -0.2) is 32.4 Å². The van der Waals surface area contributed by atoms with Gasteiger partial charge in [-0.1, -0.05) is 65.7 Å². The average Bonchev–Trinajstić information content (AvgIpc) is 2.67. The van der Waals surface area contributed by atoms with Gasteiger partial charge in [0.05, 0.1) is 11.1 Å². The molecule has 0 saturated heterocycles. The highest BCUT2D eigenvalue weighted by molar-refractivity contribution is 5.91. The summed E-state index contributed by atoms with van der Waals surface area (Å²) in [5, 5.41) is 34.8. The molecular weight excluding hydrogens is 420 g/mol. The number of benzene rings is 3.